The molecule has 0 N–H and O–H groups in total. The van der Waals surface area contributed by atoms with E-state index in [1.807, 2.05) is 19.1 Å². The van der Waals surface area contributed by atoms with Crippen LogP contribution < -0.4 is 4.90 Å². The molecule has 0 saturated carbocycles. The normalized spacial score (nSPS) is 24.3. The first-order valence-electron chi connectivity index (χ1n) is 9.94. The van der Waals surface area contributed by atoms with E-state index in [4.69, 9.17) is 15.3 Å². The third-order valence-electron chi connectivity index (χ3n) is 5.82. The molecular formula is C23H25N3O. The van der Waals surface area contributed by atoms with Gasteiger partial charge in [0.25, 0.3) is 0 Å². The molecule has 1 saturated heterocycles. The molecule has 2 atom stereocenters. The highest BCUT2D eigenvalue weighted by atomic mass is 16.5. The van der Waals surface area contributed by atoms with E-state index in [1.54, 1.807) is 0 Å². The summed E-state index contributed by atoms with van der Waals surface area (Å²) < 4.78 is 6.03. The number of nitriles is 2. The molecule has 4 nitrogen and oxygen atoms in total. The molecule has 3 aliphatic heterocycles. The summed E-state index contributed by atoms with van der Waals surface area (Å²) in [6.07, 6.45) is 10.3. The van der Waals surface area contributed by atoms with Gasteiger partial charge in [-0.1, -0.05) is 12.2 Å². The van der Waals surface area contributed by atoms with Gasteiger partial charge in [0.05, 0.1) is 12.2 Å². The van der Waals surface area contributed by atoms with E-state index in [2.05, 4.69) is 29.2 Å². The quantitative estimate of drug-likeness (QED) is 0.738. The Morgan fingerprint density at radius 2 is 1.78 bits per heavy atom. The second kappa shape index (κ2) is 7.59. The minimum Gasteiger partial charge on any atom is -0.371 e. The molecule has 2 unspecified atom stereocenters. The molecule has 1 fully saturated rings. The summed E-state index contributed by atoms with van der Waals surface area (Å²) in [5.41, 5.74) is 6.86. The highest BCUT2D eigenvalue weighted by Gasteiger charge is 2.25. The zero-order chi connectivity index (χ0) is 18.8. The van der Waals surface area contributed by atoms with Crippen molar-refractivity contribution in [2.75, 3.05) is 18.0 Å². The fourth-order valence-electron chi connectivity index (χ4n) is 4.71. The van der Waals surface area contributed by atoms with Crippen LogP contribution in [0.2, 0.25) is 0 Å². The number of nitrogens with zero attached hydrogens (tertiary/aromatic N) is 3. The van der Waals surface area contributed by atoms with Crippen molar-refractivity contribution in [2.45, 2.75) is 57.7 Å². The zero-order valence-corrected chi connectivity index (χ0v) is 15.9. The van der Waals surface area contributed by atoms with Crippen molar-refractivity contribution in [1.29, 1.82) is 10.5 Å². The second-order valence-corrected chi connectivity index (χ2v) is 7.84. The van der Waals surface area contributed by atoms with Gasteiger partial charge in [0.1, 0.15) is 17.7 Å². The van der Waals surface area contributed by atoms with Crippen molar-refractivity contribution in [3.05, 3.63) is 46.0 Å². The smallest absolute Gasteiger partial charge is 0.129 e. The standard InChI is InChI=1S/C23H25N3O/c1-16-10-20(21(14-24)15-25)13-22(27-16)7-6-17-11-18-4-2-8-26-9-3-5-19(12-17)23(18)26/h6-7,11-12,16,22H,2-5,8-10,13H2,1H3/b7-6+. The lowest BCUT2D eigenvalue weighted by molar-refractivity contribution is 0.00553. The lowest BCUT2D eigenvalue weighted by Crippen LogP contribution is -2.34. The maximum atomic E-state index is 9.16. The fourth-order valence-corrected chi connectivity index (χ4v) is 4.71. The number of anilines is 1. The summed E-state index contributed by atoms with van der Waals surface area (Å²) in [7, 11) is 0. The Labute approximate surface area is 161 Å². The van der Waals surface area contributed by atoms with Crippen LogP contribution in [0.3, 0.4) is 0 Å². The average molecular weight is 359 g/mol. The van der Waals surface area contributed by atoms with Crippen molar-refractivity contribution in [3.8, 4) is 12.1 Å². The van der Waals surface area contributed by atoms with Crippen molar-refractivity contribution in [3.63, 3.8) is 0 Å². The Hall–Kier alpha value is -2.56. The number of benzene rings is 1. The van der Waals surface area contributed by atoms with Gasteiger partial charge >= 0.3 is 0 Å². The second-order valence-electron chi connectivity index (χ2n) is 7.84. The molecule has 1 aromatic rings. The number of ether oxygens (including phenoxy) is 1. The van der Waals surface area contributed by atoms with Crippen LogP contribution in [-0.4, -0.2) is 25.3 Å². The lowest BCUT2D eigenvalue weighted by Gasteiger charge is -2.37. The number of hydrogen-bond donors (Lipinski definition) is 0. The zero-order valence-electron chi connectivity index (χ0n) is 15.9. The van der Waals surface area contributed by atoms with Gasteiger partial charge in [-0.3, -0.25) is 0 Å². The van der Waals surface area contributed by atoms with Crippen LogP contribution in [0, 0.1) is 22.7 Å². The Morgan fingerprint density at radius 3 is 2.41 bits per heavy atom. The number of allylic oxidation sites excluding steroid dienone is 1. The molecule has 0 amide bonds. The molecule has 4 heteroatoms. The summed E-state index contributed by atoms with van der Waals surface area (Å²) in [6.45, 7) is 4.39. The number of rotatable bonds is 2. The van der Waals surface area contributed by atoms with E-state index >= 15 is 0 Å². The first-order chi connectivity index (χ1) is 13.2. The van der Waals surface area contributed by atoms with E-state index < -0.39 is 0 Å². The molecule has 0 aliphatic carbocycles. The average Bonchev–Trinajstić information content (AvgIpc) is 2.67. The van der Waals surface area contributed by atoms with Crippen LogP contribution in [0.1, 0.15) is 49.3 Å². The Balaban J connectivity index is 1.57. The summed E-state index contributed by atoms with van der Waals surface area (Å²) in [5, 5.41) is 18.3. The van der Waals surface area contributed by atoms with Gasteiger partial charge in [-0.25, -0.2) is 0 Å². The highest BCUT2D eigenvalue weighted by molar-refractivity contribution is 5.68. The molecule has 0 spiro atoms. The SMILES string of the molecule is CC1CC(=C(C#N)C#N)CC(/C=C/c2cc3c4c(c2)CCCN4CCC3)O1. The van der Waals surface area contributed by atoms with Crippen LogP contribution in [0.25, 0.3) is 6.08 Å². The summed E-state index contributed by atoms with van der Waals surface area (Å²) >= 11 is 0. The van der Waals surface area contributed by atoms with Crippen molar-refractivity contribution >= 4 is 11.8 Å². The molecule has 27 heavy (non-hydrogen) atoms. The first kappa shape index (κ1) is 17.8. The Bertz CT molecular complexity index is 837. The van der Waals surface area contributed by atoms with E-state index in [-0.39, 0.29) is 17.8 Å². The number of aryl methyl sites for hydroxylation is 2. The predicted molar refractivity (Wildman–Crippen MR) is 106 cm³/mol. The lowest BCUT2D eigenvalue weighted by atomic mass is 9.89. The van der Waals surface area contributed by atoms with Crippen LogP contribution in [-0.2, 0) is 17.6 Å². The molecule has 3 aliphatic rings. The van der Waals surface area contributed by atoms with Crippen LogP contribution in [0.5, 0.6) is 0 Å². The van der Waals surface area contributed by atoms with Gasteiger partial charge in [0, 0.05) is 25.2 Å². The van der Waals surface area contributed by atoms with Crippen molar-refractivity contribution < 1.29 is 4.74 Å². The molecule has 0 bridgehead atoms. The summed E-state index contributed by atoms with van der Waals surface area (Å²) in [4.78, 5) is 2.56. The highest BCUT2D eigenvalue weighted by Crippen LogP contribution is 2.36. The number of hydrogen-bond acceptors (Lipinski definition) is 4. The van der Waals surface area contributed by atoms with Gasteiger partial charge in [0.2, 0.25) is 0 Å². The van der Waals surface area contributed by atoms with Crippen molar-refractivity contribution in [1.82, 2.24) is 0 Å². The monoisotopic (exact) mass is 359 g/mol. The minimum atomic E-state index is -0.0793. The third-order valence-corrected chi connectivity index (χ3v) is 5.82. The van der Waals surface area contributed by atoms with Crippen LogP contribution >= 0.6 is 0 Å². The van der Waals surface area contributed by atoms with Gasteiger partial charge in [-0.2, -0.15) is 10.5 Å². The van der Waals surface area contributed by atoms with Gasteiger partial charge in [0.15, 0.2) is 0 Å². The molecule has 138 valence electrons. The molecule has 0 radical (unpaired) electrons. The maximum Gasteiger partial charge on any atom is 0.129 e. The predicted octanol–water partition coefficient (Wildman–Crippen LogP) is 4.31. The Kier molecular flexibility index (Phi) is 5.01. The molecule has 3 heterocycles. The molecule has 4 rings (SSSR count). The van der Waals surface area contributed by atoms with Crippen molar-refractivity contribution in [2.24, 2.45) is 0 Å². The van der Waals surface area contributed by atoms with E-state index in [1.165, 1.54) is 48.3 Å². The van der Waals surface area contributed by atoms with E-state index in [0.29, 0.717) is 12.8 Å². The summed E-state index contributed by atoms with van der Waals surface area (Å²) in [6, 6.07) is 8.71. The largest absolute Gasteiger partial charge is 0.371 e. The van der Waals surface area contributed by atoms with E-state index in [9.17, 15) is 0 Å². The van der Waals surface area contributed by atoms with Crippen LogP contribution in [0.4, 0.5) is 5.69 Å². The van der Waals surface area contributed by atoms with Crippen LogP contribution in [0.15, 0.2) is 29.4 Å². The molecule has 0 aromatic heterocycles. The van der Waals surface area contributed by atoms with E-state index in [0.717, 1.165) is 18.4 Å². The topological polar surface area (TPSA) is 60.0 Å². The first-order valence-corrected chi connectivity index (χ1v) is 9.94. The Morgan fingerprint density at radius 1 is 1.11 bits per heavy atom. The third kappa shape index (κ3) is 3.64. The van der Waals surface area contributed by atoms with Gasteiger partial charge < -0.3 is 9.64 Å². The van der Waals surface area contributed by atoms with Gasteiger partial charge in [-0.05, 0) is 73.4 Å². The maximum absolute atomic E-state index is 9.16. The minimum absolute atomic E-state index is 0.0262. The molecule has 1 aromatic carbocycles. The molecular weight excluding hydrogens is 334 g/mol. The van der Waals surface area contributed by atoms with Gasteiger partial charge in [-0.15, -0.1) is 0 Å². The fraction of sp³-hybridized carbons (Fsp3) is 0.478. The summed E-state index contributed by atoms with van der Waals surface area (Å²) in [5.74, 6) is 0.